The van der Waals surface area contributed by atoms with E-state index in [2.05, 4.69) is 37.5 Å². The molecule has 154 valence electrons. The van der Waals surface area contributed by atoms with Crippen molar-refractivity contribution in [2.75, 3.05) is 59.9 Å². The second kappa shape index (κ2) is 10.4. The van der Waals surface area contributed by atoms with Crippen LogP contribution in [0.5, 0.6) is 0 Å². The van der Waals surface area contributed by atoms with Crippen molar-refractivity contribution in [3.8, 4) is 0 Å². The van der Waals surface area contributed by atoms with E-state index in [0.717, 1.165) is 48.4 Å². The molecule has 0 bridgehead atoms. The number of rotatable bonds is 8. The lowest BCUT2D eigenvalue weighted by atomic mass is 10.1. The molecular formula is C21H33FN6. The van der Waals surface area contributed by atoms with E-state index in [0.29, 0.717) is 0 Å². The molecule has 6 nitrogen and oxygen atoms in total. The van der Waals surface area contributed by atoms with Crippen LogP contribution in [0.15, 0.2) is 29.4 Å². The fraction of sp³-hybridized carbons (Fsp3) is 0.571. The average molecular weight is 389 g/mol. The zero-order valence-corrected chi connectivity index (χ0v) is 17.1. The highest BCUT2D eigenvalue weighted by atomic mass is 19.1. The van der Waals surface area contributed by atoms with Crippen LogP contribution in [-0.4, -0.2) is 80.7 Å². The van der Waals surface area contributed by atoms with E-state index in [9.17, 15) is 4.39 Å². The van der Waals surface area contributed by atoms with Crippen LogP contribution in [0.1, 0.15) is 18.4 Å². The Labute approximate surface area is 167 Å². The number of unbranched alkanes of at least 4 members (excludes halogenated alkanes) is 1. The maximum atomic E-state index is 13.5. The molecule has 1 aromatic carbocycles. The van der Waals surface area contributed by atoms with Crippen LogP contribution in [-0.2, 0) is 6.42 Å². The number of likely N-dealkylation sites (N-methyl/N-ethyl adjacent to an activating group) is 1. The minimum Gasteiger partial charge on any atom is -0.361 e. The molecule has 1 aromatic heterocycles. The monoisotopic (exact) mass is 388 g/mol. The number of hydrogen-bond donors (Lipinski definition) is 3. The molecule has 3 N–H and O–H groups in total. The van der Waals surface area contributed by atoms with Gasteiger partial charge in [0.2, 0.25) is 0 Å². The largest absolute Gasteiger partial charge is 0.361 e. The normalized spacial score (nSPS) is 16.6. The van der Waals surface area contributed by atoms with Crippen molar-refractivity contribution in [3.63, 3.8) is 0 Å². The number of aliphatic imine (C=N–C) groups is 1. The second-order valence-electron chi connectivity index (χ2n) is 7.53. The quantitative estimate of drug-likeness (QED) is 0.368. The summed E-state index contributed by atoms with van der Waals surface area (Å²) in [5, 5.41) is 7.68. The highest BCUT2D eigenvalue weighted by molar-refractivity contribution is 5.83. The molecule has 1 aliphatic heterocycles. The van der Waals surface area contributed by atoms with Gasteiger partial charge in [0.25, 0.3) is 0 Å². The van der Waals surface area contributed by atoms with Crippen molar-refractivity contribution < 1.29 is 4.39 Å². The third kappa shape index (κ3) is 5.94. The van der Waals surface area contributed by atoms with Gasteiger partial charge in [0.1, 0.15) is 5.82 Å². The molecule has 1 fully saturated rings. The first-order valence-corrected chi connectivity index (χ1v) is 10.3. The van der Waals surface area contributed by atoms with Crippen LogP contribution in [0.3, 0.4) is 0 Å². The van der Waals surface area contributed by atoms with Gasteiger partial charge in [-0.25, -0.2) is 4.39 Å². The Morgan fingerprint density at radius 3 is 2.71 bits per heavy atom. The Balaban J connectivity index is 1.32. The molecule has 0 spiro atoms. The van der Waals surface area contributed by atoms with Crippen molar-refractivity contribution in [1.82, 2.24) is 25.4 Å². The van der Waals surface area contributed by atoms with Gasteiger partial charge >= 0.3 is 0 Å². The lowest BCUT2D eigenvalue weighted by molar-refractivity contribution is 0.152. The average Bonchev–Trinajstić information content (AvgIpc) is 3.10. The molecule has 0 aliphatic carbocycles. The highest BCUT2D eigenvalue weighted by Crippen LogP contribution is 2.19. The fourth-order valence-electron chi connectivity index (χ4n) is 3.63. The molecule has 2 heterocycles. The molecule has 0 amide bonds. The van der Waals surface area contributed by atoms with Crippen LogP contribution in [0.2, 0.25) is 0 Å². The van der Waals surface area contributed by atoms with Crippen molar-refractivity contribution in [2.45, 2.75) is 19.3 Å². The highest BCUT2D eigenvalue weighted by Gasteiger charge is 2.12. The van der Waals surface area contributed by atoms with Gasteiger partial charge in [-0.2, -0.15) is 0 Å². The fourth-order valence-corrected chi connectivity index (χ4v) is 3.63. The molecule has 28 heavy (non-hydrogen) atoms. The maximum absolute atomic E-state index is 13.5. The molecule has 1 saturated heterocycles. The van der Waals surface area contributed by atoms with E-state index in [-0.39, 0.29) is 5.82 Å². The zero-order valence-electron chi connectivity index (χ0n) is 17.1. The van der Waals surface area contributed by atoms with Gasteiger partial charge in [0.05, 0.1) is 0 Å². The number of nitrogens with one attached hydrogen (secondary N) is 3. The number of aromatic amines is 1. The third-order valence-electron chi connectivity index (χ3n) is 5.43. The molecule has 0 radical (unpaired) electrons. The number of fused-ring (bicyclic) bond motifs is 1. The molecule has 3 rings (SSSR count). The Morgan fingerprint density at radius 2 is 1.93 bits per heavy atom. The molecule has 0 atom stereocenters. The van der Waals surface area contributed by atoms with Crippen molar-refractivity contribution in [3.05, 3.63) is 35.8 Å². The minimum atomic E-state index is -0.199. The van der Waals surface area contributed by atoms with Gasteiger partial charge in [0, 0.05) is 63.4 Å². The molecule has 2 aromatic rings. The van der Waals surface area contributed by atoms with Gasteiger partial charge in [-0.05, 0) is 56.6 Å². The van der Waals surface area contributed by atoms with Crippen LogP contribution >= 0.6 is 0 Å². The summed E-state index contributed by atoms with van der Waals surface area (Å²) in [5.41, 5.74) is 2.09. The lowest BCUT2D eigenvalue weighted by Crippen LogP contribution is -2.44. The van der Waals surface area contributed by atoms with E-state index < -0.39 is 0 Å². The number of piperazine rings is 1. The molecule has 1 aliphatic rings. The first-order valence-electron chi connectivity index (χ1n) is 10.3. The summed E-state index contributed by atoms with van der Waals surface area (Å²) in [6.45, 7) is 7.58. The van der Waals surface area contributed by atoms with Gasteiger partial charge in [-0.3, -0.25) is 4.99 Å². The topological polar surface area (TPSA) is 58.7 Å². The van der Waals surface area contributed by atoms with Crippen molar-refractivity contribution >= 4 is 16.9 Å². The number of halogens is 1. The summed E-state index contributed by atoms with van der Waals surface area (Å²) in [6, 6.07) is 4.86. The van der Waals surface area contributed by atoms with E-state index in [1.54, 1.807) is 19.2 Å². The van der Waals surface area contributed by atoms with Crippen LogP contribution in [0.4, 0.5) is 4.39 Å². The first-order chi connectivity index (χ1) is 13.7. The van der Waals surface area contributed by atoms with Crippen LogP contribution in [0.25, 0.3) is 10.9 Å². The third-order valence-corrected chi connectivity index (χ3v) is 5.43. The van der Waals surface area contributed by atoms with Gasteiger partial charge in [0.15, 0.2) is 5.96 Å². The summed E-state index contributed by atoms with van der Waals surface area (Å²) in [6.07, 6.45) is 5.11. The maximum Gasteiger partial charge on any atom is 0.190 e. The number of benzene rings is 1. The van der Waals surface area contributed by atoms with Crippen molar-refractivity contribution in [1.29, 1.82) is 0 Å². The predicted octanol–water partition coefficient (Wildman–Crippen LogP) is 2.04. The summed E-state index contributed by atoms with van der Waals surface area (Å²) < 4.78 is 13.5. The van der Waals surface area contributed by atoms with E-state index in [1.807, 2.05) is 6.20 Å². The zero-order chi connectivity index (χ0) is 19.8. The van der Waals surface area contributed by atoms with Crippen LogP contribution in [0, 0.1) is 5.82 Å². The van der Waals surface area contributed by atoms with E-state index >= 15 is 0 Å². The Morgan fingerprint density at radius 1 is 1.14 bits per heavy atom. The number of aromatic nitrogens is 1. The van der Waals surface area contributed by atoms with Gasteiger partial charge in [-0.15, -0.1) is 0 Å². The molecular weight excluding hydrogens is 355 g/mol. The second-order valence-corrected chi connectivity index (χ2v) is 7.53. The summed E-state index contributed by atoms with van der Waals surface area (Å²) in [7, 11) is 3.98. The van der Waals surface area contributed by atoms with Crippen LogP contribution < -0.4 is 10.6 Å². The smallest absolute Gasteiger partial charge is 0.190 e. The van der Waals surface area contributed by atoms with Gasteiger partial charge in [-0.1, -0.05) is 0 Å². The molecule has 0 saturated carbocycles. The summed E-state index contributed by atoms with van der Waals surface area (Å²) in [4.78, 5) is 12.4. The number of nitrogens with zero attached hydrogens (tertiary/aromatic N) is 3. The predicted molar refractivity (Wildman–Crippen MR) is 114 cm³/mol. The van der Waals surface area contributed by atoms with E-state index in [1.165, 1.54) is 45.2 Å². The van der Waals surface area contributed by atoms with Gasteiger partial charge < -0.3 is 25.4 Å². The lowest BCUT2D eigenvalue weighted by Gasteiger charge is -2.32. The Bertz CT molecular complexity index is 763. The number of hydrogen-bond acceptors (Lipinski definition) is 3. The Kier molecular flexibility index (Phi) is 7.68. The summed E-state index contributed by atoms with van der Waals surface area (Å²) >= 11 is 0. The first kappa shape index (κ1) is 20.6. The van der Waals surface area contributed by atoms with E-state index in [4.69, 9.17) is 0 Å². The minimum absolute atomic E-state index is 0.199. The standard InChI is InChI=1S/C21H33FN6/c1-23-21(24-8-3-4-10-28-13-11-27(2)12-14-28)25-9-7-17-16-26-20-6-5-18(22)15-19(17)20/h5-6,15-16,26H,3-4,7-14H2,1-2H3,(H2,23,24,25). The number of H-pyrrole nitrogens is 1. The SMILES string of the molecule is CN=C(NCCCCN1CCN(C)CC1)NCCc1c[nH]c2ccc(F)cc12. The Hall–Kier alpha value is -2.12. The summed E-state index contributed by atoms with van der Waals surface area (Å²) in [5.74, 6) is 0.626. The molecule has 0 unspecified atom stereocenters. The van der Waals surface area contributed by atoms with Crippen molar-refractivity contribution in [2.24, 2.45) is 4.99 Å². The number of guanidine groups is 1. The molecule has 7 heteroatoms.